The Labute approximate surface area is 106 Å². The second-order valence-corrected chi connectivity index (χ2v) is 4.61. The van der Waals surface area contributed by atoms with Gasteiger partial charge >= 0.3 is 0 Å². The highest BCUT2D eigenvalue weighted by Crippen LogP contribution is 2.37. The molecular weight excluding hydrogens is 224 g/mol. The molecule has 3 rings (SSSR count). The van der Waals surface area contributed by atoms with Crippen molar-refractivity contribution in [2.75, 3.05) is 0 Å². The Morgan fingerprint density at radius 2 is 2.11 bits per heavy atom. The highest BCUT2D eigenvalue weighted by molar-refractivity contribution is 5.72. The van der Waals surface area contributed by atoms with Crippen LogP contribution in [0.5, 0.6) is 0 Å². The first-order valence-corrected chi connectivity index (χ1v) is 6.38. The third-order valence-electron chi connectivity index (χ3n) is 3.59. The normalized spacial score (nSPS) is 21.8. The molecule has 0 amide bonds. The van der Waals surface area contributed by atoms with Crippen LogP contribution in [0.2, 0.25) is 0 Å². The molecule has 0 fully saturated rings. The van der Waals surface area contributed by atoms with Gasteiger partial charge in [-0.3, -0.25) is 0 Å². The van der Waals surface area contributed by atoms with Gasteiger partial charge in [-0.15, -0.1) is 10.2 Å². The van der Waals surface area contributed by atoms with Crippen LogP contribution in [0.4, 0.5) is 0 Å². The van der Waals surface area contributed by atoms with Crippen molar-refractivity contribution in [1.82, 2.24) is 20.6 Å². The summed E-state index contributed by atoms with van der Waals surface area (Å²) in [6.07, 6.45) is 13.2. The van der Waals surface area contributed by atoms with Crippen molar-refractivity contribution < 1.29 is 0 Å². The number of tetrazole rings is 1. The van der Waals surface area contributed by atoms with Crippen LogP contribution in [-0.2, 0) is 0 Å². The summed E-state index contributed by atoms with van der Waals surface area (Å²) < 4.78 is 0. The zero-order chi connectivity index (χ0) is 12.4. The molecule has 0 atom stereocenters. The van der Waals surface area contributed by atoms with Crippen LogP contribution in [-0.4, -0.2) is 20.6 Å². The maximum Gasteiger partial charge on any atom is 0.200 e. The number of nitrogens with one attached hydrogen (secondary N) is 1. The first-order valence-electron chi connectivity index (χ1n) is 6.38. The van der Waals surface area contributed by atoms with Gasteiger partial charge in [0.05, 0.1) is 0 Å². The van der Waals surface area contributed by atoms with Gasteiger partial charge in [-0.25, -0.2) is 0 Å². The highest BCUT2D eigenvalue weighted by atomic mass is 15.5. The van der Waals surface area contributed by atoms with Crippen molar-refractivity contribution in [2.45, 2.75) is 32.6 Å². The molecule has 0 saturated carbocycles. The number of hydrogen-bond acceptors (Lipinski definition) is 3. The largest absolute Gasteiger partial charge is 0.200 e. The summed E-state index contributed by atoms with van der Waals surface area (Å²) in [6, 6.07) is 0. The first-order chi connectivity index (χ1) is 8.88. The second kappa shape index (κ2) is 4.72. The van der Waals surface area contributed by atoms with Gasteiger partial charge in [0, 0.05) is 5.57 Å². The van der Waals surface area contributed by atoms with Crippen LogP contribution in [0.15, 0.2) is 41.0 Å². The molecule has 4 heteroatoms. The quantitative estimate of drug-likeness (QED) is 0.864. The monoisotopic (exact) mass is 240 g/mol. The third kappa shape index (κ3) is 1.94. The average Bonchev–Trinajstić information content (AvgIpc) is 3.09. The Balaban J connectivity index is 1.94. The molecule has 1 heterocycles. The van der Waals surface area contributed by atoms with E-state index < -0.39 is 0 Å². The number of rotatable bonds is 2. The van der Waals surface area contributed by atoms with Crippen LogP contribution in [0.1, 0.15) is 38.4 Å². The average molecular weight is 240 g/mol. The van der Waals surface area contributed by atoms with Crippen molar-refractivity contribution in [1.29, 1.82) is 0 Å². The van der Waals surface area contributed by atoms with Gasteiger partial charge in [-0.1, -0.05) is 24.3 Å². The van der Waals surface area contributed by atoms with E-state index in [4.69, 9.17) is 0 Å². The summed E-state index contributed by atoms with van der Waals surface area (Å²) in [7, 11) is 0. The molecule has 0 bridgehead atoms. The van der Waals surface area contributed by atoms with Crippen molar-refractivity contribution >= 4 is 5.57 Å². The molecule has 0 saturated heterocycles. The van der Waals surface area contributed by atoms with Gasteiger partial charge in [0.1, 0.15) is 0 Å². The fourth-order valence-electron chi connectivity index (χ4n) is 2.60. The lowest BCUT2D eigenvalue weighted by Gasteiger charge is -2.11. The molecule has 0 radical (unpaired) electrons. The number of allylic oxidation sites excluding steroid dienone is 8. The number of H-pyrrole nitrogens is 1. The van der Waals surface area contributed by atoms with Gasteiger partial charge in [0.2, 0.25) is 5.82 Å². The summed E-state index contributed by atoms with van der Waals surface area (Å²) in [5.41, 5.74) is 5.35. The molecule has 92 valence electrons. The van der Waals surface area contributed by atoms with Crippen molar-refractivity contribution in [3.63, 3.8) is 0 Å². The Hall–Kier alpha value is -1.97. The Morgan fingerprint density at radius 3 is 2.78 bits per heavy atom. The molecule has 18 heavy (non-hydrogen) atoms. The zero-order valence-corrected chi connectivity index (χ0v) is 10.5. The van der Waals surface area contributed by atoms with E-state index in [0.29, 0.717) is 0 Å². The van der Waals surface area contributed by atoms with E-state index in [-0.39, 0.29) is 0 Å². The van der Waals surface area contributed by atoms with Gasteiger partial charge in [-0.2, -0.15) is 5.21 Å². The zero-order valence-electron chi connectivity index (χ0n) is 10.5. The lowest BCUT2D eigenvalue weighted by atomic mass is 9.94. The van der Waals surface area contributed by atoms with E-state index in [9.17, 15) is 0 Å². The van der Waals surface area contributed by atoms with E-state index in [0.717, 1.165) is 25.1 Å². The Kier molecular flexibility index (Phi) is 2.92. The third-order valence-corrected chi connectivity index (χ3v) is 3.59. The Bertz CT molecular complexity index is 559. The molecule has 1 N–H and O–H groups in total. The molecule has 1 aromatic heterocycles. The highest BCUT2D eigenvalue weighted by Gasteiger charge is 2.21. The minimum Gasteiger partial charge on any atom is -0.177 e. The maximum absolute atomic E-state index is 4.11. The number of nitrogens with zero attached hydrogens (tertiary/aromatic N) is 3. The van der Waals surface area contributed by atoms with Crippen molar-refractivity contribution in [2.24, 2.45) is 0 Å². The topological polar surface area (TPSA) is 54.5 Å². The molecule has 0 aromatic carbocycles. The maximum atomic E-state index is 4.11. The lowest BCUT2D eigenvalue weighted by molar-refractivity contribution is 0.881. The second-order valence-electron chi connectivity index (χ2n) is 4.61. The van der Waals surface area contributed by atoms with Crippen LogP contribution in [0, 0.1) is 0 Å². The number of aromatic nitrogens is 4. The van der Waals surface area contributed by atoms with Crippen LogP contribution in [0.25, 0.3) is 5.57 Å². The fraction of sp³-hybridized carbons (Fsp3) is 0.357. The lowest BCUT2D eigenvalue weighted by Crippen LogP contribution is -1.94. The smallest absolute Gasteiger partial charge is 0.177 e. The summed E-state index contributed by atoms with van der Waals surface area (Å²) >= 11 is 0. The summed E-state index contributed by atoms with van der Waals surface area (Å²) in [5, 5.41) is 14.4. The molecule has 2 aliphatic rings. The molecular formula is C14H16N4. The fourth-order valence-corrected chi connectivity index (χ4v) is 2.60. The van der Waals surface area contributed by atoms with E-state index >= 15 is 0 Å². The van der Waals surface area contributed by atoms with Crippen LogP contribution >= 0.6 is 0 Å². The van der Waals surface area contributed by atoms with Gasteiger partial charge < -0.3 is 0 Å². The number of aromatic amines is 1. The molecule has 0 spiro atoms. The van der Waals surface area contributed by atoms with E-state index in [1.165, 1.54) is 28.7 Å². The van der Waals surface area contributed by atoms with Crippen LogP contribution < -0.4 is 0 Å². The summed E-state index contributed by atoms with van der Waals surface area (Å²) in [6.45, 7) is 2.08. The standard InChI is InChI=1S/C14H16N4/c1-2-10-6-8-11(9-7-10)12-4-3-5-13(12)14-15-17-18-16-14/h2,6,8-9H,3-5,7H2,1H3,(H,15,16,17,18)/b10-2-. The minimum absolute atomic E-state index is 0.758. The summed E-state index contributed by atoms with van der Waals surface area (Å²) in [4.78, 5) is 0. The predicted octanol–water partition coefficient (Wildman–Crippen LogP) is 2.97. The molecule has 0 aliphatic heterocycles. The first kappa shape index (κ1) is 11.1. The minimum atomic E-state index is 0.758. The van der Waals surface area contributed by atoms with Crippen LogP contribution in [0.3, 0.4) is 0 Å². The predicted molar refractivity (Wildman–Crippen MR) is 70.5 cm³/mol. The summed E-state index contributed by atoms with van der Waals surface area (Å²) in [5.74, 6) is 0.758. The van der Waals surface area contributed by atoms with Crippen molar-refractivity contribution in [3.05, 3.63) is 46.8 Å². The van der Waals surface area contributed by atoms with E-state index in [2.05, 4.69) is 51.9 Å². The van der Waals surface area contributed by atoms with E-state index in [1.54, 1.807) is 0 Å². The molecule has 0 unspecified atom stereocenters. The molecule has 1 aromatic rings. The van der Waals surface area contributed by atoms with Crippen molar-refractivity contribution in [3.8, 4) is 0 Å². The van der Waals surface area contributed by atoms with E-state index in [1.807, 2.05) is 0 Å². The van der Waals surface area contributed by atoms with Gasteiger partial charge in [0.25, 0.3) is 0 Å². The number of hydrogen-bond donors (Lipinski definition) is 1. The molecule has 2 aliphatic carbocycles. The van der Waals surface area contributed by atoms with Gasteiger partial charge in [-0.05, 0) is 54.5 Å². The molecule has 4 nitrogen and oxygen atoms in total. The SMILES string of the molecule is C/C=C1/C=CC(C2=C(c3nn[nH]n3)CCC2)=CC1. The Morgan fingerprint density at radius 1 is 1.22 bits per heavy atom. The van der Waals surface area contributed by atoms with Gasteiger partial charge in [0.15, 0.2) is 0 Å².